The highest BCUT2D eigenvalue weighted by Crippen LogP contribution is 2.41. The predicted octanol–water partition coefficient (Wildman–Crippen LogP) is 3.69. The van der Waals surface area contributed by atoms with Gasteiger partial charge in [-0.15, -0.1) is 0 Å². The van der Waals surface area contributed by atoms with E-state index < -0.39 is 29.9 Å². The first-order chi connectivity index (χ1) is 16.4. The number of aliphatic hydroxyl groups is 1. The van der Waals surface area contributed by atoms with Gasteiger partial charge in [0.1, 0.15) is 6.17 Å². The van der Waals surface area contributed by atoms with Crippen LogP contribution in [0.25, 0.3) is 27.8 Å². The Bertz CT molecular complexity index is 1440. The molecule has 0 bridgehead atoms. The number of imidazole rings is 1. The number of halogens is 3. The van der Waals surface area contributed by atoms with Gasteiger partial charge in [-0.2, -0.15) is 5.10 Å². The van der Waals surface area contributed by atoms with Crippen LogP contribution in [0.2, 0.25) is 5.02 Å². The van der Waals surface area contributed by atoms with E-state index in [-0.39, 0.29) is 29.0 Å². The third kappa shape index (κ3) is 3.55. The third-order valence-corrected chi connectivity index (χ3v) is 6.80. The Morgan fingerprint density at radius 2 is 2.09 bits per heavy atom. The first-order valence-corrected chi connectivity index (χ1v) is 11.4. The summed E-state index contributed by atoms with van der Waals surface area (Å²) < 4.78 is 30.2. The van der Waals surface area contributed by atoms with Crippen molar-refractivity contribution in [2.75, 3.05) is 10.6 Å². The van der Waals surface area contributed by atoms with Gasteiger partial charge >= 0.3 is 0 Å². The zero-order valence-electron chi connectivity index (χ0n) is 17.7. The number of amides is 1. The molecule has 4 N–H and O–H groups in total. The Hall–Kier alpha value is -3.31. The van der Waals surface area contributed by atoms with Crippen molar-refractivity contribution in [1.82, 2.24) is 24.6 Å². The van der Waals surface area contributed by atoms with Crippen LogP contribution >= 0.6 is 11.6 Å². The number of aromatic nitrogens is 5. The summed E-state index contributed by atoms with van der Waals surface area (Å²) in [5, 5.41) is 23.0. The van der Waals surface area contributed by atoms with Crippen LogP contribution in [0.4, 0.5) is 20.3 Å². The highest BCUT2D eigenvalue weighted by atomic mass is 35.5. The Morgan fingerprint density at radius 3 is 2.82 bits per heavy atom. The van der Waals surface area contributed by atoms with Gasteiger partial charge in [-0.05, 0) is 25.7 Å². The minimum absolute atomic E-state index is 0.0738. The van der Waals surface area contributed by atoms with Crippen LogP contribution in [-0.2, 0) is 4.79 Å². The van der Waals surface area contributed by atoms with E-state index in [4.69, 9.17) is 11.6 Å². The number of alkyl halides is 1. The number of rotatable bonds is 5. The predicted molar refractivity (Wildman–Crippen MR) is 122 cm³/mol. The molecule has 12 heteroatoms. The van der Waals surface area contributed by atoms with Gasteiger partial charge in [0.15, 0.2) is 17.3 Å². The average Bonchev–Trinajstić information content (AvgIpc) is 3.17. The molecule has 1 aromatic carbocycles. The zero-order chi connectivity index (χ0) is 23.6. The number of fused-ring (bicyclic) bond motifs is 2. The number of H-pyrrole nitrogens is 1. The van der Waals surface area contributed by atoms with Gasteiger partial charge in [0.25, 0.3) is 0 Å². The Balaban J connectivity index is 1.37. The summed E-state index contributed by atoms with van der Waals surface area (Å²) in [6.07, 6.45) is 6.86. The fraction of sp³-hybridized carbons (Fsp3) is 0.364. The molecule has 0 spiro atoms. The number of aromatic amines is 1. The number of hydrogen-bond acceptors (Lipinski definition) is 6. The average molecular weight is 488 g/mol. The van der Waals surface area contributed by atoms with E-state index in [9.17, 15) is 14.3 Å². The molecule has 9 nitrogen and oxygen atoms in total. The highest BCUT2D eigenvalue weighted by molar-refractivity contribution is 6.35. The maximum absolute atomic E-state index is 15.5. The minimum atomic E-state index is -1.10. The van der Waals surface area contributed by atoms with Crippen molar-refractivity contribution in [3.63, 3.8) is 0 Å². The molecule has 2 fully saturated rings. The van der Waals surface area contributed by atoms with Gasteiger partial charge in [-0.3, -0.25) is 14.9 Å². The quantitative estimate of drug-likeness (QED) is 0.341. The Labute approximate surface area is 196 Å². The number of benzene rings is 1. The van der Waals surface area contributed by atoms with Gasteiger partial charge < -0.3 is 20.1 Å². The number of nitrogens with one attached hydrogen (secondary N) is 3. The maximum atomic E-state index is 15.5. The molecule has 0 aliphatic heterocycles. The number of anilines is 2. The lowest BCUT2D eigenvalue weighted by atomic mass is 10.0. The van der Waals surface area contributed by atoms with Gasteiger partial charge in [0, 0.05) is 23.2 Å². The molecule has 0 unspecified atom stereocenters. The molecule has 34 heavy (non-hydrogen) atoms. The van der Waals surface area contributed by atoms with Crippen molar-refractivity contribution < 1.29 is 18.7 Å². The Morgan fingerprint density at radius 1 is 1.26 bits per heavy atom. The van der Waals surface area contributed by atoms with Gasteiger partial charge in [-0.1, -0.05) is 11.6 Å². The molecule has 176 valence electrons. The molecular formula is C22H20ClF2N7O2. The standard InChI is InChI=1S/C22H20ClF2N7O2/c23-18-17(12-5-27-31-20(12)21(19(18)25)28-9-1-2-10(33)3-9)14-7-32-8-15(29-16(32)6-26-14)30-22(34)11-4-13(11)24/h5-11,13,28,33H,1-4H2,(H,27,31)(H,30,34)/t9-,10+,11+,13-/m0/s1. The molecule has 0 radical (unpaired) electrons. The normalized spacial score (nSPS) is 24.1. The van der Waals surface area contributed by atoms with E-state index in [0.717, 1.165) is 6.42 Å². The lowest BCUT2D eigenvalue weighted by molar-refractivity contribution is -0.117. The lowest BCUT2D eigenvalue weighted by Gasteiger charge is -2.17. The smallest absolute Gasteiger partial charge is 0.231 e. The molecular weight excluding hydrogens is 468 g/mol. The first-order valence-electron chi connectivity index (χ1n) is 11.0. The van der Waals surface area contributed by atoms with Crippen LogP contribution in [0, 0.1) is 11.7 Å². The molecule has 6 rings (SSSR count). The lowest BCUT2D eigenvalue weighted by Crippen LogP contribution is -2.18. The maximum Gasteiger partial charge on any atom is 0.231 e. The SMILES string of the molecule is O=C(Nc1cn2cc(-c3c(Cl)c(F)c(N[C@H]4CC[C@@H](O)C4)c4[nH]ncc34)ncc2n1)[C@@H]1C[C@@H]1F. The fourth-order valence-electron chi connectivity index (χ4n) is 4.54. The van der Waals surface area contributed by atoms with Gasteiger partial charge in [-0.25, -0.2) is 13.8 Å². The van der Waals surface area contributed by atoms with Crippen molar-refractivity contribution >= 4 is 45.6 Å². The van der Waals surface area contributed by atoms with Crippen molar-refractivity contribution in [2.24, 2.45) is 5.92 Å². The van der Waals surface area contributed by atoms with E-state index in [0.29, 0.717) is 40.6 Å². The molecule has 4 aromatic rings. The van der Waals surface area contributed by atoms with Crippen LogP contribution in [0.15, 0.2) is 24.8 Å². The van der Waals surface area contributed by atoms with Crippen LogP contribution in [-0.4, -0.2) is 53.9 Å². The summed E-state index contributed by atoms with van der Waals surface area (Å²) in [7, 11) is 0. The van der Waals surface area contributed by atoms with Crippen LogP contribution in [0.1, 0.15) is 25.7 Å². The number of nitrogens with zero attached hydrogens (tertiary/aromatic N) is 4. The Kier molecular flexibility index (Phi) is 4.92. The number of aliphatic hydroxyl groups excluding tert-OH is 1. The minimum Gasteiger partial charge on any atom is -0.393 e. The van der Waals surface area contributed by atoms with E-state index in [1.54, 1.807) is 23.0 Å². The summed E-state index contributed by atoms with van der Waals surface area (Å²) in [5.41, 5.74) is 1.85. The first kappa shape index (κ1) is 21.2. The monoisotopic (exact) mass is 487 g/mol. The van der Waals surface area contributed by atoms with Crippen molar-refractivity contribution in [3.8, 4) is 11.3 Å². The second kappa shape index (κ2) is 7.88. The molecule has 2 aliphatic rings. The number of carbonyl (C=O) groups is 1. The fourth-order valence-corrected chi connectivity index (χ4v) is 4.83. The summed E-state index contributed by atoms with van der Waals surface area (Å²) in [5.74, 6) is -1.41. The second-order valence-corrected chi connectivity index (χ2v) is 9.23. The topological polar surface area (TPSA) is 120 Å². The van der Waals surface area contributed by atoms with E-state index in [1.807, 2.05) is 0 Å². The van der Waals surface area contributed by atoms with E-state index in [1.165, 1.54) is 6.20 Å². The van der Waals surface area contributed by atoms with Crippen molar-refractivity contribution in [1.29, 1.82) is 0 Å². The molecule has 2 aliphatic carbocycles. The molecule has 0 saturated heterocycles. The summed E-state index contributed by atoms with van der Waals surface area (Å²) >= 11 is 6.50. The van der Waals surface area contributed by atoms with Gasteiger partial charge in [0.2, 0.25) is 5.91 Å². The van der Waals surface area contributed by atoms with E-state index >= 15 is 4.39 Å². The van der Waals surface area contributed by atoms with Crippen LogP contribution in [0.3, 0.4) is 0 Å². The van der Waals surface area contributed by atoms with Crippen molar-refractivity contribution in [3.05, 3.63) is 35.6 Å². The molecule has 4 atom stereocenters. The largest absolute Gasteiger partial charge is 0.393 e. The zero-order valence-corrected chi connectivity index (χ0v) is 18.5. The third-order valence-electron chi connectivity index (χ3n) is 6.44. The highest BCUT2D eigenvalue weighted by Gasteiger charge is 2.43. The van der Waals surface area contributed by atoms with Crippen molar-refractivity contribution in [2.45, 2.75) is 44.0 Å². The summed E-state index contributed by atoms with van der Waals surface area (Å²) in [6.45, 7) is 0. The van der Waals surface area contributed by atoms with Crippen LogP contribution < -0.4 is 10.6 Å². The summed E-state index contributed by atoms with van der Waals surface area (Å²) in [4.78, 5) is 20.7. The summed E-state index contributed by atoms with van der Waals surface area (Å²) in [6, 6.07) is -0.0738. The second-order valence-electron chi connectivity index (χ2n) is 8.86. The van der Waals surface area contributed by atoms with Crippen LogP contribution in [0.5, 0.6) is 0 Å². The number of carbonyl (C=O) groups excluding carboxylic acids is 1. The molecule has 3 heterocycles. The molecule has 3 aromatic heterocycles. The van der Waals surface area contributed by atoms with Gasteiger partial charge in [0.05, 0.1) is 52.5 Å². The molecule has 2 saturated carbocycles. The number of hydrogen-bond donors (Lipinski definition) is 4. The van der Waals surface area contributed by atoms with E-state index in [2.05, 4.69) is 30.8 Å². The molecule has 1 amide bonds.